The molecular formula is C30H36N2O4. The Morgan fingerprint density at radius 3 is 2.28 bits per heavy atom. The molecule has 0 bridgehead atoms. The summed E-state index contributed by atoms with van der Waals surface area (Å²) in [5, 5.41) is 3.04. The van der Waals surface area contributed by atoms with Gasteiger partial charge in [0.2, 0.25) is 5.91 Å². The highest BCUT2D eigenvalue weighted by molar-refractivity contribution is 5.88. The van der Waals surface area contributed by atoms with Gasteiger partial charge in [0.25, 0.3) is 5.91 Å². The van der Waals surface area contributed by atoms with Crippen LogP contribution < -0.4 is 14.8 Å². The number of rotatable bonds is 13. The van der Waals surface area contributed by atoms with E-state index >= 15 is 0 Å². The molecule has 190 valence electrons. The summed E-state index contributed by atoms with van der Waals surface area (Å²) in [6.07, 6.45) is 2.28. The molecule has 3 aromatic carbocycles. The molecule has 0 radical (unpaired) electrons. The first-order valence-electron chi connectivity index (χ1n) is 12.4. The fourth-order valence-electron chi connectivity index (χ4n) is 3.97. The van der Waals surface area contributed by atoms with Crippen molar-refractivity contribution in [3.8, 4) is 11.5 Å². The van der Waals surface area contributed by atoms with Crippen molar-refractivity contribution in [2.75, 3.05) is 20.3 Å². The zero-order chi connectivity index (χ0) is 25.8. The van der Waals surface area contributed by atoms with Gasteiger partial charge in [0.1, 0.15) is 17.5 Å². The standard InChI is InChI=1S/C30H36N2O4/c1-4-5-18-31-30(34)28(20-24-11-7-6-8-12-24)32(21-25-13-9-10-23(2)19-25)29(33)22-36-27-16-14-26(35-3)15-17-27/h6-17,19,28H,4-5,18,20-22H2,1-3H3,(H,31,34). The highest BCUT2D eigenvalue weighted by Gasteiger charge is 2.30. The Bertz CT molecular complexity index is 1100. The first-order chi connectivity index (χ1) is 17.5. The molecule has 0 fully saturated rings. The van der Waals surface area contributed by atoms with Gasteiger partial charge >= 0.3 is 0 Å². The number of ether oxygens (including phenoxy) is 2. The molecule has 0 aliphatic carbocycles. The van der Waals surface area contributed by atoms with Crippen molar-refractivity contribution in [1.82, 2.24) is 10.2 Å². The maximum absolute atomic E-state index is 13.6. The lowest BCUT2D eigenvalue weighted by atomic mass is 10.0. The first kappa shape index (κ1) is 26.8. The maximum atomic E-state index is 13.6. The fourth-order valence-corrected chi connectivity index (χ4v) is 3.97. The van der Waals surface area contributed by atoms with Crippen molar-refractivity contribution in [3.05, 3.63) is 95.6 Å². The summed E-state index contributed by atoms with van der Waals surface area (Å²) in [6.45, 7) is 4.81. The highest BCUT2D eigenvalue weighted by atomic mass is 16.5. The monoisotopic (exact) mass is 488 g/mol. The first-order valence-corrected chi connectivity index (χ1v) is 12.4. The van der Waals surface area contributed by atoms with Crippen LogP contribution in [0.4, 0.5) is 0 Å². The van der Waals surface area contributed by atoms with Crippen molar-refractivity contribution in [3.63, 3.8) is 0 Å². The van der Waals surface area contributed by atoms with E-state index in [4.69, 9.17) is 9.47 Å². The van der Waals surface area contributed by atoms with Crippen LogP contribution in [0.25, 0.3) is 0 Å². The van der Waals surface area contributed by atoms with Crippen LogP contribution >= 0.6 is 0 Å². The van der Waals surface area contributed by atoms with Gasteiger partial charge in [-0.05, 0) is 48.7 Å². The van der Waals surface area contributed by atoms with Crippen molar-refractivity contribution < 1.29 is 19.1 Å². The van der Waals surface area contributed by atoms with E-state index in [2.05, 4.69) is 12.2 Å². The smallest absolute Gasteiger partial charge is 0.261 e. The summed E-state index contributed by atoms with van der Waals surface area (Å²) in [5.74, 6) is 0.865. The second-order valence-corrected chi connectivity index (χ2v) is 8.82. The lowest BCUT2D eigenvalue weighted by molar-refractivity contribution is -0.142. The number of carbonyl (C=O) groups excluding carboxylic acids is 2. The molecule has 1 atom stereocenters. The van der Waals surface area contributed by atoms with Gasteiger partial charge in [-0.2, -0.15) is 0 Å². The number of benzene rings is 3. The lowest BCUT2D eigenvalue weighted by Crippen LogP contribution is -2.51. The average molecular weight is 489 g/mol. The number of amides is 2. The Morgan fingerprint density at radius 1 is 0.917 bits per heavy atom. The van der Waals surface area contributed by atoms with Gasteiger partial charge in [0.15, 0.2) is 6.61 Å². The van der Waals surface area contributed by atoms with Gasteiger partial charge in [-0.1, -0.05) is 73.5 Å². The van der Waals surface area contributed by atoms with Crippen molar-refractivity contribution >= 4 is 11.8 Å². The van der Waals surface area contributed by atoms with E-state index in [-0.39, 0.29) is 18.4 Å². The summed E-state index contributed by atoms with van der Waals surface area (Å²) in [4.78, 5) is 28.6. The van der Waals surface area contributed by atoms with Crippen molar-refractivity contribution in [2.45, 2.75) is 45.7 Å². The Balaban J connectivity index is 1.86. The second kappa shape index (κ2) is 13.9. The zero-order valence-corrected chi connectivity index (χ0v) is 21.4. The molecule has 0 heterocycles. The van der Waals surface area contributed by atoms with Crippen LogP contribution in [0.3, 0.4) is 0 Å². The quantitative estimate of drug-likeness (QED) is 0.346. The van der Waals surface area contributed by atoms with Crippen molar-refractivity contribution in [2.24, 2.45) is 0 Å². The molecule has 3 rings (SSSR count). The van der Waals surface area contributed by atoms with Gasteiger partial charge in [-0.25, -0.2) is 0 Å². The summed E-state index contributed by atoms with van der Waals surface area (Å²) in [5.41, 5.74) is 3.06. The van der Waals surface area contributed by atoms with Crippen LogP contribution in [-0.2, 0) is 22.6 Å². The third-order valence-corrected chi connectivity index (χ3v) is 5.96. The molecule has 1 unspecified atom stereocenters. The molecule has 6 heteroatoms. The fraction of sp³-hybridized carbons (Fsp3) is 0.333. The van der Waals surface area contributed by atoms with E-state index in [9.17, 15) is 9.59 Å². The molecule has 3 aromatic rings. The van der Waals surface area contributed by atoms with Gasteiger partial charge in [-0.15, -0.1) is 0 Å². The van der Waals surface area contributed by atoms with Crippen LogP contribution in [0.1, 0.15) is 36.5 Å². The van der Waals surface area contributed by atoms with Crippen molar-refractivity contribution in [1.29, 1.82) is 0 Å². The van der Waals surface area contributed by atoms with E-state index in [0.717, 1.165) is 29.5 Å². The number of nitrogens with one attached hydrogen (secondary N) is 1. The SMILES string of the molecule is CCCCNC(=O)C(Cc1ccccc1)N(Cc1cccc(C)c1)C(=O)COc1ccc(OC)cc1. The third kappa shape index (κ3) is 8.15. The number of aryl methyl sites for hydroxylation is 1. The summed E-state index contributed by atoms with van der Waals surface area (Å²) >= 11 is 0. The third-order valence-electron chi connectivity index (χ3n) is 5.96. The predicted molar refractivity (Wildman–Crippen MR) is 142 cm³/mol. The molecule has 1 N–H and O–H groups in total. The number of nitrogens with zero attached hydrogens (tertiary/aromatic N) is 1. The Labute approximate surface area is 214 Å². The molecule has 0 aromatic heterocycles. The minimum atomic E-state index is -0.670. The Morgan fingerprint density at radius 2 is 1.61 bits per heavy atom. The maximum Gasteiger partial charge on any atom is 0.261 e. The number of hydrogen-bond donors (Lipinski definition) is 1. The van der Waals surface area contributed by atoms with Crippen LogP contribution in [-0.4, -0.2) is 43.0 Å². The number of methoxy groups -OCH3 is 1. The van der Waals surface area contributed by atoms with Gasteiger partial charge in [0.05, 0.1) is 7.11 Å². The molecule has 36 heavy (non-hydrogen) atoms. The number of unbranched alkanes of at least 4 members (excludes halogenated alkanes) is 1. The van der Waals surface area contributed by atoms with Crippen LogP contribution in [0.2, 0.25) is 0 Å². The van der Waals surface area contributed by atoms with E-state index in [1.165, 1.54) is 0 Å². The summed E-state index contributed by atoms with van der Waals surface area (Å²) < 4.78 is 11.0. The van der Waals surface area contributed by atoms with Gasteiger partial charge in [0, 0.05) is 19.5 Å². The van der Waals surface area contributed by atoms with Gasteiger partial charge in [-0.3, -0.25) is 9.59 Å². The topological polar surface area (TPSA) is 67.9 Å². The van der Waals surface area contributed by atoms with Crippen LogP contribution in [0.5, 0.6) is 11.5 Å². The summed E-state index contributed by atoms with van der Waals surface area (Å²) in [6, 6.07) is 24.2. The molecule has 0 aliphatic rings. The number of hydrogen-bond acceptors (Lipinski definition) is 4. The average Bonchev–Trinajstić information content (AvgIpc) is 2.90. The molecular weight excluding hydrogens is 452 g/mol. The molecule has 6 nitrogen and oxygen atoms in total. The summed E-state index contributed by atoms with van der Waals surface area (Å²) in [7, 11) is 1.60. The predicted octanol–water partition coefficient (Wildman–Crippen LogP) is 4.94. The molecule has 0 saturated heterocycles. The minimum Gasteiger partial charge on any atom is -0.497 e. The van der Waals surface area contributed by atoms with Crippen LogP contribution in [0, 0.1) is 6.92 Å². The molecule has 0 aliphatic heterocycles. The van der Waals surface area contributed by atoms with E-state index in [1.807, 2.05) is 61.5 Å². The second-order valence-electron chi connectivity index (χ2n) is 8.82. The zero-order valence-electron chi connectivity index (χ0n) is 21.4. The Hall–Kier alpha value is -3.80. The van der Waals surface area contributed by atoms with Gasteiger partial charge < -0.3 is 19.7 Å². The van der Waals surface area contributed by atoms with E-state index in [1.54, 1.807) is 36.3 Å². The molecule has 0 spiro atoms. The Kier molecular flexibility index (Phi) is 10.4. The van der Waals surface area contributed by atoms with E-state index < -0.39 is 6.04 Å². The normalized spacial score (nSPS) is 11.4. The van der Waals surface area contributed by atoms with Crippen LogP contribution in [0.15, 0.2) is 78.9 Å². The largest absolute Gasteiger partial charge is 0.497 e. The molecule has 0 saturated carbocycles. The number of carbonyl (C=O) groups is 2. The highest BCUT2D eigenvalue weighted by Crippen LogP contribution is 2.19. The molecule has 2 amide bonds. The lowest BCUT2D eigenvalue weighted by Gasteiger charge is -2.31. The minimum absolute atomic E-state index is 0.155. The van der Waals surface area contributed by atoms with E-state index in [0.29, 0.717) is 31.0 Å².